The molecule has 2 aromatic rings. The van der Waals surface area contributed by atoms with Crippen LogP contribution in [0.2, 0.25) is 0 Å². The number of aliphatic carboxylic acids is 1. The Balaban J connectivity index is 1.92. The van der Waals surface area contributed by atoms with Crippen molar-refractivity contribution in [2.75, 3.05) is 7.11 Å². The fraction of sp³-hybridized carbons (Fsp3) is 0.462. The number of ether oxygens (including phenoxy) is 1. The van der Waals surface area contributed by atoms with Crippen LogP contribution in [0.5, 0.6) is 5.75 Å². The monoisotopic (exact) mass is 423 g/mol. The molecule has 0 aliphatic carbocycles. The Hall–Kier alpha value is -2.66. The molecule has 2 aromatic carbocycles. The van der Waals surface area contributed by atoms with Gasteiger partial charge in [-0.3, -0.25) is 14.9 Å². The topological polar surface area (TPSA) is 75.6 Å². The minimum atomic E-state index is -1.19. The number of carboxylic acids is 1. The first-order valence-corrected chi connectivity index (χ1v) is 10.7. The van der Waals surface area contributed by atoms with E-state index in [9.17, 15) is 14.7 Å². The molecule has 0 saturated heterocycles. The second-order valence-corrected chi connectivity index (χ2v) is 10.2. The molecular formula is C26H33NO4. The van der Waals surface area contributed by atoms with Crippen LogP contribution in [0.25, 0.3) is 0 Å². The molecule has 5 heteroatoms. The van der Waals surface area contributed by atoms with E-state index in [2.05, 4.69) is 26.1 Å². The third kappa shape index (κ3) is 4.52. The van der Waals surface area contributed by atoms with Crippen molar-refractivity contribution < 1.29 is 19.4 Å². The minimum Gasteiger partial charge on any atom is -0.496 e. The lowest BCUT2D eigenvalue weighted by Gasteiger charge is -2.40. The Bertz CT molecular complexity index is 1000. The summed E-state index contributed by atoms with van der Waals surface area (Å²) in [6, 6.07) is 13.4. The highest BCUT2D eigenvalue weighted by Crippen LogP contribution is 2.38. The first-order chi connectivity index (χ1) is 14.4. The summed E-state index contributed by atoms with van der Waals surface area (Å²) >= 11 is 0. The van der Waals surface area contributed by atoms with Gasteiger partial charge < -0.3 is 9.84 Å². The average molecular weight is 424 g/mol. The van der Waals surface area contributed by atoms with Crippen molar-refractivity contribution in [3.63, 3.8) is 0 Å². The maximum Gasteiger partial charge on any atom is 0.324 e. The van der Waals surface area contributed by atoms with E-state index in [1.165, 1.54) is 0 Å². The number of carbonyl (C=O) groups is 2. The summed E-state index contributed by atoms with van der Waals surface area (Å²) in [6.45, 7) is 10.4. The van der Waals surface area contributed by atoms with Gasteiger partial charge in [0.25, 0.3) is 0 Å². The quantitative estimate of drug-likeness (QED) is 0.655. The Morgan fingerprint density at radius 2 is 1.71 bits per heavy atom. The third-order valence-electron chi connectivity index (χ3n) is 6.27. The van der Waals surface area contributed by atoms with Crippen LogP contribution in [0, 0.1) is 5.41 Å². The highest BCUT2D eigenvalue weighted by Gasteiger charge is 2.47. The Morgan fingerprint density at radius 3 is 2.29 bits per heavy atom. The van der Waals surface area contributed by atoms with E-state index in [1.54, 1.807) is 13.2 Å². The van der Waals surface area contributed by atoms with Crippen molar-refractivity contribution in [1.82, 2.24) is 5.32 Å². The first kappa shape index (κ1) is 23.0. The lowest BCUT2D eigenvalue weighted by molar-refractivity contribution is -0.146. The summed E-state index contributed by atoms with van der Waals surface area (Å²) in [6.07, 6.45) is 0.535. The van der Waals surface area contributed by atoms with Gasteiger partial charge in [-0.05, 0) is 34.6 Å². The van der Waals surface area contributed by atoms with Crippen molar-refractivity contribution >= 4 is 11.8 Å². The first-order valence-electron chi connectivity index (χ1n) is 10.7. The van der Waals surface area contributed by atoms with Crippen molar-refractivity contribution in [3.05, 3.63) is 64.7 Å². The molecule has 1 unspecified atom stereocenters. The molecule has 3 rings (SSSR count). The Kier molecular flexibility index (Phi) is 6.03. The predicted molar refractivity (Wildman–Crippen MR) is 122 cm³/mol. The van der Waals surface area contributed by atoms with E-state index in [0.717, 1.165) is 16.7 Å². The van der Waals surface area contributed by atoms with E-state index in [-0.39, 0.29) is 17.6 Å². The molecule has 31 heavy (non-hydrogen) atoms. The van der Waals surface area contributed by atoms with Gasteiger partial charge in [0.1, 0.15) is 11.3 Å². The predicted octanol–water partition coefficient (Wildman–Crippen LogP) is 4.76. The number of hydrogen-bond donors (Lipinski definition) is 2. The van der Waals surface area contributed by atoms with Gasteiger partial charge in [-0.15, -0.1) is 0 Å². The summed E-state index contributed by atoms with van der Waals surface area (Å²) in [4.78, 5) is 25.9. The zero-order valence-corrected chi connectivity index (χ0v) is 19.3. The average Bonchev–Trinajstić information content (AvgIpc) is 2.71. The lowest BCUT2D eigenvalue weighted by Crippen LogP contribution is -2.58. The number of methoxy groups -OCH3 is 1. The standard InChI is InChI=1S/C26H33NO4/c1-24(2,3)20-12-11-17(13-21(20)31-6)22(28)25(4,5)16-26(23(29)30)14-18-9-7-8-10-19(18)15-27-26/h7-13,27H,14-16H2,1-6H3,(H,29,30). The molecule has 0 fully saturated rings. The fourth-order valence-electron chi connectivity index (χ4n) is 4.58. The van der Waals surface area contributed by atoms with E-state index in [1.807, 2.05) is 50.2 Å². The number of rotatable bonds is 6. The molecule has 166 valence electrons. The highest BCUT2D eigenvalue weighted by molar-refractivity contribution is 6.01. The van der Waals surface area contributed by atoms with Crippen molar-refractivity contribution in [3.8, 4) is 5.75 Å². The van der Waals surface area contributed by atoms with Crippen molar-refractivity contribution in [2.45, 2.75) is 65.0 Å². The summed E-state index contributed by atoms with van der Waals surface area (Å²) in [7, 11) is 1.60. The number of carbonyl (C=O) groups excluding carboxylic acids is 1. The summed E-state index contributed by atoms with van der Waals surface area (Å²) < 4.78 is 5.56. The molecule has 0 saturated carbocycles. The van der Waals surface area contributed by atoms with Crippen LogP contribution in [0.4, 0.5) is 0 Å². The number of ketones is 1. The third-order valence-corrected chi connectivity index (χ3v) is 6.27. The maximum absolute atomic E-state index is 13.5. The fourth-order valence-corrected chi connectivity index (χ4v) is 4.58. The smallest absolute Gasteiger partial charge is 0.324 e. The molecule has 0 amide bonds. The molecule has 0 aromatic heterocycles. The van der Waals surface area contributed by atoms with Crippen LogP contribution in [-0.4, -0.2) is 29.5 Å². The number of benzene rings is 2. The van der Waals surface area contributed by atoms with Gasteiger partial charge in [0.15, 0.2) is 5.78 Å². The zero-order chi connectivity index (χ0) is 23.0. The second kappa shape index (κ2) is 8.12. The van der Waals surface area contributed by atoms with E-state index < -0.39 is 16.9 Å². The van der Waals surface area contributed by atoms with Crippen molar-refractivity contribution in [1.29, 1.82) is 0 Å². The minimum absolute atomic E-state index is 0.0902. The summed E-state index contributed by atoms with van der Waals surface area (Å²) in [5, 5.41) is 13.4. The molecule has 2 N–H and O–H groups in total. The van der Waals surface area contributed by atoms with Gasteiger partial charge in [-0.1, -0.05) is 71.0 Å². The van der Waals surface area contributed by atoms with Crippen LogP contribution in [-0.2, 0) is 23.2 Å². The highest BCUT2D eigenvalue weighted by atomic mass is 16.5. The molecule has 0 bridgehead atoms. The van der Waals surface area contributed by atoms with Crippen LogP contribution < -0.4 is 10.1 Å². The molecule has 5 nitrogen and oxygen atoms in total. The molecule has 0 spiro atoms. The van der Waals surface area contributed by atoms with Gasteiger partial charge in [0.2, 0.25) is 0 Å². The van der Waals surface area contributed by atoms with Crippen molar-refractivity contribution in [2.24, 2.45) is 5.41 Å². The number of carboxylic acid groups (broad SMARTS) is 1. The van der Waals surface area contributed by atoms with E-state index in [4.69, 9.17) is 4.74 Å². The number of hydrogen-bond acceptors (Lipinski definition) is 4. The Labute approximate surface area is 184 Å². The largest absolute Gasteiger partial charge is 0.496 e. The lowest BCUT2D eigenvalue weighted by atomic mass is 9.70. The molecule has 1 aliphatic rings. The van der Waals surface area contributed by atoms with Gasteiger partial charge in [-0.2, -0.15) is 0 Å². The van der Waals surface area contributed by atoms with Crippen LogP contribution in [0.15, 0.2) is 42.5 Å². The van der Waals surface area contributed by atoms with Gasteiger partial charge in [0, 0.05) is 23.9 Å². The van der Waals surface area contributed by atoms with E-state index in [0.29, 0.717) is 24.3 Å². The van der Waals surface area contributed by atoms with Gasteiger partial charge in [-0.25, -0.2) is 0 Å². The van der Waals surface area contributed by atoms with Gasteiger partial charge in [0.05, 0.1) is 7.11 Å². The molecule has 1 aliphatic heterocycles. The SMILES string of the molecule is COc1cc(C(=O)C(C)(C)CC2(C(=O)O)Cc3ccccc3CN2)ccc1C(C)(C)C. The number of nitrogens with one attached hydrogen (secondary N) is 1. The molecule has 0 radical (unpaired) electrons. The van der Waals surface area contributed by atoms with Gasteiger partial charge >= 0.3 is 5.97 Å². The normalized spacial score (nSPS) is 18.9. The number of fused-ring (bicyclic) bond motifs is 1. The molecular weight excluding hydrogens is 390 g/mol. The zero-order valence-electron chi connectivity index (χ0n) is 19.3. The van der Waals surface area contributed by atoms with Crippen LogP contribution >= 0.6 is 0 Å². The molecule has 1 heterocycles. The van der Waals surface area contributed by atoms with Crippen LogP contribution in [0.3, 0.4) is 0 Å². The summed E-state index contributed by atoms with van der Waals surface area (Å²) in [5.41, 5.74) is 1.49. The molecule has 1 atom stereocenters. The Morgan fingerprint density at radius 1 is 1.06 bits per heavy atom. The second-order valence-electron chi connectivity index (χ2n) is 10.2. The number of Topliss-reactive ketones (excluding diaryl/α,β-unsaturated/α-hetero) is 1. The van der Waals surface area contributed by atoms with E-state index >= 15 is 0 Å². The summed E-state index contributed by atoms with van der Waals surface area (Å²) in [5.74, 6) is -0.345. The maximum atomic E-state index is 13.5. The van der Waals surface area contributed by atoms with Crippen LogP contribution in [0.1, 0.15) is 68.1 Å².